The molecule has 0 fully saturated rings. The minimum atomic E-state index is -0.125. The van der Waals surface area contributed by atoms with Crippen LogP contribution in [0.5, 0.6) is 0 Å². The molecule has 4 heteroatoms. The number of aliphatic hydroxyl groups is 2. The summed E-state index contributed by atoms with van der Waals surface area (Å²) in [5, 5.41) is 15.2. The van der Waals surface area contributed by atoms with Gasteiger partial charge in [0.2, 0.25) is 0 Å². The van der Waals surface area contributed by atoms with Crippen LogP contribution in [-0.4, -0.2) is 36.0 Å². The highest BCUT2D eigenvalue weighted by Gasteiger charge is 2.04. The Morgan fingerprint density at radius 3 is 1.83 bits per heavy atom. The summed E-state index contributed by atoms with van der Waals surface area (Å²) >= 11 is 0. The van der Waals surface area contributed by atoms with Crippen LogP contribution in [0.1, 0.15) is 20.8 Å². The summed E-state index contributed by atoms with van der Waals surface area (Å²) in [6.07, 6.45) is 0. The third-order valence-corrected chi connectivity index (χ3v) is 0.858. The van der Waals surface area contributed by atoms with Gasteiger partial charge in [-0.1, -0.05) is 13.8 Å². The molecule has 0 spiro atoms. The molecule has 0 aliphatic heterocycles. The summed E-state index contributed by atoms with van der Waals surface area (Å²) in [4.78, 5) is 10.5. The predicted octanol–water partition coefficient (Wildman–Crippen LogP) is 0.176. The lowest BCUT2D eigenvalue weighted by atomic mass is 10.2. The Balaban J connectivity index is 0. The Labute approximate surface area is 73.2 Å². The minimum absolute atomic E-state index is 0.00921. The van der Waals surface area contributed by atoms with Gasteiger partial charge in [0.25, 0.3) is 0 Å². The first-order valence-electron chi connectivity index (χ1n) is 3.98. The Morgan fingerprint density at radius 1 is 1.33 bits per heavy atom. The minimum Gasteiger partial charge on any atom is -0.466 e. The van der Waals surface area contributed by atoms with Crippen molar-refractivity contribution in [2.45, 2.75) is 20.8 Å². The van der Waals surface area contributed by atoms with Gasteiger partial charge < -0.3 is 14.9 Å². The molecule has 2 N–H and O–H groups in total. The molecule has 0 aromatic carbocycles. The molecular formula is C8H18O4. The number of esters is 1. The lowest BCUT2D eigenvalue weighted by Crippen LogP contribution is -2.10. The Morgan fingerprint density at radius 2 is 1.75 bits per heavy atom. The Bertz CT molecular complexity index is 99.2. The van der Waals surface area contributed by atoms with E-state index in [9.17, 15) is 4.79 Å². The van der Waals surface area contributed by atoms with Gasteiger partial charge in [0.1, 0.15) is 0 Å². The van der Waals surface area contributed by atoms with E-state index in [2.05, 4.69) is 4.74 Å². The maximum absolute atomic E-state index is 10.5. The molecule has 4 nitrogen and oxygen atoms in total. The number of ether oxygens (including phenoxy) is 1. The average molecular weight is 178 g/mol. The van der Waals surface area contributed by atoms with Crippen molar-refractivity contribution in [1.29, 1.82) is 0 Å². The van der Waals surface area contributed by atoms with Crippen LogP contribution >= 0.6 is 0 Å². The van der Waals surface area contributed by atoms with E-state index in [1.165, 1.54) is 0 Å². The molecule has 0 aromatic rings. The summed E-state index contributed by atoms with van der Waals surface area (Å²) in [6.45, 7) is 5.67. The standard InChI is InChI=1S/C6H12O2.C2H6O2/c1-4-8-6(7)5(2)3;3-1-2-4/h5H,4H2,1-3H3;3-4H,1-2H2. The molecule has 0 heterocycles. The van der Waals surface area contributed by atoms with Crippen molar-refractivity contribution >= 4 is 5.97 Å². The van der Waals surface area contributed by atoms with Gasteiger partial charge in [-0.15, -0.1) is 0 Å². The van der Waals surface area contributed by atoms with Crippen molar-refractivity contribution in [3.05, 3.63) is 0 Å². The zero-order valence-electron chi connectivity index (χ0n) is 7.91. The molecule has 0 saturated heterocycles. The lowest BCUT2D eigenvalue weighted by molar-refractivity contribution is -0.146. The number of carbonyl (C=O) groups is 1. The van der Waals surface area contributed by atoms with Crippen molar-refractivity contribution < 1.29 is 19.7 Å². The van der Waals surface area contributed by atoms with Crippen molar-refractivity contribution in [2.24, 2.45) is 5.92 Å². The highest BCUT2D eigenvalue weighted by Crippen LogP contribution is 1.93. The molecule has 0 aromatic heterocycles. The van der Waals surface area contributed by atoms with Crippen molar-refractivity contribution in [1.82, 2.24) is 0 Å². The van der Waals surface area contributed by atoms with Gasteiger partial charge in [-0.05, 0) is 6.92 Å². The van der Waals surface area contributed by atoms with Crippen molar-refractivity contribution in [2.75, 3.05) is 19.8 Å². The van der Waals surface area contributed by atoms with Crippen LogP contribution in [0, 0.1) is 5.92 Å². The van der Waals surface area contributed by atoms with Crippen molar-refractivity contribution in [3.8, 4) is 0 Å². The van der Waals surface area contributed by atoms with Gasteiger partial charge in [-0.2, -0.15) is 0 Å². The first-order valence-corrected chi connectivity index (χ1v) is 3.98. The normalized spacial score (nSPS) is 8.83. The molecule has 0 unspecified atom stereocenters. The quantitative estimate of drug-likeness (QED) is 0.605. The summed E-state index contributed by atoms with van der Waals surface area (Å²) in [5.41, 5.74) is 0. The maximum Gasteiger partial charge on any atom is 0.308 e. The van der Waals surface area contributed by atoms with Gasteiger partial charge in [0, 0.05) is 0 Å². The monoisotopic (exact) mass is 178 g/mol. The summed E-state index contributed by atoms with van der Waals surface area (Å²) in [6, 6.07) is 0. The number of hydrogen-bond acceptors (Lipinski definition) is 4. The van der Waals surface area contributed by atoms with E-state index in [4.69, 9.17) is 10.2 Å². The first kappa shape index (κ1) is 13.9. The van der Waals surface area contributed by atoms with Crippen LogP contribution in [0.25, 0.3) is 0 Å². The van der Waals surface area contributed by atoms with Crippen LogP contribution in [0.2, 0.25) is 0 Å². The molecule has 0 bridgehead atoms. The Kier molecular flexibility index (Phi) is 12.1. The molecule has 74 valence electrons. The van der Waals surface area contributed by atoms with Crippen LogP contribution in [0.4, 0.5) is 0 Å². The van der Waals surface area contributed by atoms with E-state index in [1.807, 2.05) is 13.8 Å². The average Bonchev–Trinajstić information content (AvgIpc) is 2.05. The number of rotatable bonds is 3. The van der Waals surface area contributed by atoms with Crippen molar-refractivity contribution in [3.63, 3.8) is 0 Å². The topological polar surface area (TPSA) is 66.8 Å². The fraction of sp³-hybridized carbons (Fsp3) is 0.875. The van der Waals surface area contributed by atoms with E-state index in [1.54, 1.807) is 6.92 Å². The maximum atomic E-state index is 10.5. The second-order valence-electron chi connectivity index (χ2n) is 2.35. The third-order valence-electron chi connectivity index (χ3n) is 0.858. The Hall–Kier alpha value is -0.610. The highest BCUT2D eigenvalue weighted by atomic mass is 16.5. The highest BCUT2D eigenvalue weighted by molar-refractivity contribution is 5.71. The predicted molar refractivity (Wildman–Crippen MR) is 45.6 cm³/mol. The molecular weight excluding hydrogens is 160 g/mol. The summed E-state index contributed by atoms with van der Waals surface area (Å²) < 4.78 is 4.66. The number of hydrogen-bond donors (Lipinski definition) is 2. The van der Waals surface area contributed by atoms with E-state index < -0.39 is 0 Å². The second kappa shape index (κ2) is 10.4. The zero-order chi connectivity index (χ0) is 9.98. The molecule has 0 rings (SSSR count). The number of carbonyl (C=O) groups excluding carboxylic acids is 1. The molecule has 0 atom stereocenters. The van der Waals surface area contributed by atoms with Crippen LogP contribution in [-0.2, 0) is 9.53 Å². The largest absolute Gasteiger partial charge is 0.466 e. The van der Waals surface area contributed by atoms with Gasteiger partial charge in [-0.3, -0.25) is 4.79 Å². The third kappa shape index (κ3) is 12.1. The second-order valence-corrected chi connectivity index (χ2v) is 2.35. The summed E-state index contributed by atoms with van der Waals surface area (Å²) in [7, 11) is 0. The SMILES string of the molecule is CCOC(=O)C(C)C.OCCO. The van der Waals surface area contributed by atoms with Crippen LogP contribution in [0.15, 0.2) is 0 Å². The molecule has 0 aliphatic carbocycles. The van der Waals surface area contributed by atoms with E-state index in [-0.39, 0.29) is 25.1 Å². The van der Waals surface area contributed by atoms with Gasteiger partial charge in [-0.25, -0.2) is 0 Å². The molecule has 12 heavy (non-hydrogen) atoms. The molecule has 0 amide bonds. The van der Waals surface area contributed by atoms with Crippen LogP contribution < -0.4 is 0 Å². The van der Waals surface area contributed by atoms with E-state index in [0.29, 0.717) is 6.61 Å². The fourth-order valence-corrected chi connectivity index (χ4v) is 0.309. The molecule has 0 radical (unpaired) electrons. The summed E-state index contributed by atoms with van der Waals surface area (Å²) in [5.74, 6) is -0.109. The smallest absolute Gasteiger partial charge is 0.308 e. The lowest BCUT2D eigenvalue weighted by Gasteiger charge is -2.01. The zero-order valence-corrected chi connectivity index (χ0v) is 7.91. The fourth-order valence-electron chi connectivity index (χ4n) is 0.309. The van der Waals surface area contributed by atoms with Gasteiger partial charge >= 0.3 is 5.97 Å². The molecule has 0 saturated carbocycles. The van der Waals surface area contributed by atoms with Gasteiger partial charge in [0.05, 0.1) is 25.7 Å². The molecule has 0 aliphatic rings. The van der Waals surface area contributed by atoms with E-state index in [0.717, 1.165) is 0 Å². The first-order chi connectivity index (χ1) is 5.59. The van der Waals surface area contributed by atoms with E-state index >= 15 is 0 Å². The number of aliphatic hydroxyl groups excluding tert-OH is 2. The van der Waals surface area contributed by atoms with Crippen LogP contribution in [0.3, 0.4) is 0 Å². The van der Waals surface area contributed by atoms with Gasteiger partial charge in [0.15, 0.2) is 0 Å².